The molecule has 0 saturated heterocycles. The van der Waals surface area contributed by atoms with Gasteiger partial charge in [-0.1, -0.05) is 30.2 Å². The first-order valence-corrected chi connectivity index (χ1v) is 11.2. The van der Waals surface area contributed by atoms with Crippen LogP contribution < -0.4 is 5.32 Å². The Kier molecular flexibility index (Phi) is 5.14. The van der Waals surface area contributed by atoms with E-state index in [9.17, 15) is 10.2 Å². The fraction of sp³-hybridized carbons (Fsp3) is 0.409. The van der Waals surface area contributed by atoms with Crippen LogP contribution in [0.3, 0.4) is 0 Å². The van der Waals surface area contributed by atoms with E-state index in [2.05, 4.69) is 27.4 Å². The van der Waals surface area contributed by atoms with Crippen LogP contribution in [0, 0.1) is 0 Å². The second kappa shape index (κ2) is 7.94. The molecule has 1 aliphatic carbocycles. The van der Waals surface area contributed by atoms with Crippen molar-refractivity contribution in [3.8, 4) is 0 Å². The molecule has 1 fully saturated rings. The zero-order chi connectivity index (χ0) is 20.7. The van der Waals surface area contributed by atoms with Crippen LogP contribution in [-0.4, -0.2) is 41.9 Å². The molecule has 1 aromatic carbocycles. The Morgan fingerprint density at radius 1 is 1.20 bits per heavy atom. The molecule has 30 heavy (non-hydrogen) atoms. The summed E-state index contributed by atoms with van der Waals surface area (Å²) >= 11 is 1.63. The van der Waals surface area contributed by atoms with Crippen LogP contribution in [-0.2, 0) is 6.54 Å². The third-order valence-electron chi connectivity index (χ3n) is 5.80. The summed E-state index contributed by atoms with van der Waals surface area (Å²) in [4.78, 5) is 13.6. The Hall–Kier alpha value is -2.55. The normalized spacial score (nSPS) is 20.6. The van der Waals surface area contributed by atoms with Gasteiger partial charge in [0.2, 0.25) is 0 Å². The molecule has 5 rings (SSSR count). The van der Waals surface area contributed by atoms with Crippen LogP contribution in [0.2, 0.25) is 0 Å². The number of thiazole rings is 1. The first kappa shape index (κ1) is 19.4. The minimum absolute atomic E-state index is 0.0914. The smallest absolute Gasteiger partial charge is 0.184 e. The topological polar surface area (TPSA) is 96.1 Å². The van der Waals surface area contributed by atoms with Gasteiger partial charge in [0, 0.05) is 11.8 Å². The highest BCUT2D eigenvalue weighted by Crippen LogP contribution is 2.30. The summed E-state index contributed by atoms with van der Waals surface area (Å²) in [6.45, 7) is 2.39. The maximum absolute atomic E-state index is 10.2. The van der Waals surface area contributed by atoms with E-state index >= 15 is 0 Å². The SMILES string of the molecule is CC(O)c1cnc2c(c1)ncn2Cc1ccc2nc(NC3CCCCC3O)sc2c1. The Morgan fingerprint density at radius 3 is 2.90 bits per heavy atom. The number of nitrogens with one attached hydrogen (secondary N) is 1. The molecule has 3 N–H and O–H groups in total. The molecule has 1 aliphatic rings. The lowest BCUT2D eigenvalue weighted by Crippen LogP contribution is -2.36. The number of imidazole rings is 1. The summed E-state index contributed by atoms with van der Waals surface area (Å²) in [5.41, 5.74) is 4.46. The van der Waals surface area contributed by atoms with Gasteiger partial charge in [-0.15, -0.1) is 0 Å². The van der Waals surface area contributed by atoms with Crippen molar-refractivity contribution >= 4 is 37.8 Å². The molecule has 0 amide bonds. The highest BCUT2D eigenvalue weighted by Gasteiger charge is 2.23. The molecule has 3 unspecified atom stereocenters. The van der Waals surface area contributed by atoms with Crippen LogP contribution in [0.1, 0.15) is 49.8 Å². The summed E-state index contributed by atoms with van der Waals surface area (Å²) in [5.74, 6) is 0. The molecule has 156 valence electrons. The molecule has 3 heterocycles. The van der Waals surface area contributed by atoms with Crippen molar-refractivity contribution < 1.29 is 10.2 Å². The third kappa shape index (κ3) is 3.78. The first-order chi connectivity index (χ1) is 14.6. The molecule has 0 radical (unpaired) electrons. The number of hydrogen-bond acceptors (Lipinski definition) is 7. The van der Waals surface area contributed by atoms with Gasteiger partial charge in [-0.3, -0.25) is 0 Å². The zero-order valence-corrected chi connectivity index (χ0v) is 17.6. The number of aliphatic hydroxyl groups is 2. The van der Waals surface area contributed by atoms with Crippen molar-refractivity contribution in [2.45, 2.75) is 57.4 Å². The van der Waals surface area contributed by atoms with Crippen LogP contribution in [0.4, 0.5) is 5.13 Å². The molecular weight excluding hydrogens is 398 g/mol. The van der Waals surface area contributed by atoms with Crippen molar-refractivity contribution in [1.82, 2.24) is 19.5 Å². The van der Waals surface area contributed by atoms with Gasteiger partial charge < -0.3 is 20.1 Å². The van der Waals surface area contributed by atoms with E-state index in [0.29, 0.717) is 6.54 Å². The van der Waals surface area contributed by atoms with Crippen molar-refractivity contribution in [1.29, 1.82) is 0 Å². The number of aromatic nitrogens is 4. The fourth-order valence-corrected chi connectivity index (χ4v) is 5.06. The molecule has 3 aromatic heterocycles. The number of rotatable bonds is 5. The molecular formula is C22H25N5O2S. The second-order valence-corrected chi connectivity index (χ2v) is 9.11. The predicted molar refractivity (Wildman–Crippen MR) is 119 cm³/mol. The number of fused-ring (bicyclic) bond motifs is 2. The molecule has 3 atom stereocenters. The van der Waals surface area contributed by atoms with Crippen LogP contribution in [0.15, 0.2) is 36.8 Å². The first-order valence-electron chi connectivity index (χ1n) is 10.4. The second-order valence-electron chi connectivity index (χ2n) is 8.08. The van der Waals surface area contributed by atoms with Crippen LogP contribution in [0.25, 0.3) is 21.4 Å². The third-order valence-corrected chi connectivity index (χ3v) is 6.75. The van der Waals surface area contributed by atoms with Gasteiger partial charge in [-0.25, -0.2) is 15.0 Å². The van der Waals surface area contributed by atoms with Gasteiger partial charge in [-0.05, 0) is 43.5 Å². The largest absolute Gasteiger partial charge is 0.391 e. The average Bonchev–Trinajstić information content (AvgIpc) is 3.32. The summed E-state index contributed by atoms with van der Waals surface area (Å²) in [6.07, 6.45) is 6.73. The Labute approximate surface area is 178 Å². The molecule has 4 aromatic rings. The molecule has 8 heteroatoms. The molecule has 7 nitrogen and oxygen atoms in total. The van der Waals surface area contributed by atoms with Crippen molar-refractivity contribution in [2.24, 2.45) is 0 Å². The highest BCUT2D eigenvalue weighted by atomic mass is 32.1. The minimum atomic E-state index is -0.557. The summed E-state index contributed by atoms with van der Waals surface area (Å²) in [6, 6.07) is 8.26. The zero-order valence-electron chi connectivity index (χ0n) is 16.8. The Balaban J connectivity index is 1.37. The van der Waals surface area contributed by atoms with Gasteiger partial charge >= 0.3 is 0 Å². The van der Waals surface area contributed by atoms with Crippen LogP contribution in [0.5, 0.6) is 0 Å². The van der Waals surface area contributed by atoms with E-state index < -0.39 is 6.10 Å². The standard InChI is InChI=1S/C22H25N5O2S/c1-13(28)15-9-18-21(23-10-15)27(12-24-18)11-14-6-7-17-20(8-14)30-22(26-17)25-16-4-2-3-5-19(16)29/h6-10,12-13,16,19,28-29H,2-5,11H2,1H3,(H,25,26). The summed E-state index contributed by atoms with van der Waals surface area (Å²) in [7, 11) is 0. The van der Waals surface area contributed by atoms with Gasteiger partial charge in [0.1, 0.15) is 5.52 Å². The van der Waals surface area contributed by atoms with Crippen molar-refractivity contribution in [3.63, 3.8) is 0 Å². The number of pyridine rings is 1. The van der Waals surface area contributed by atoms with E-state index in [0.717, 1.165) is 63.3 Å². The van der Waals surface area contributed by atoms with Crippen molar-refractivity contribution in [2.75, 3.05) is 5.32 Å². The number of benzene rings is 1. The van der Waals surface area contributed by atoms with Crippen molar-refractivity contribution in [3.05, 3.63) is 47.9 Å². The monoisotopic (exact) mass is 423 g/mol. The molecule has 1 saturated carbocycles. The molecule has 0 spiro atoms. The number of hydrogen-bond donors (Lipinski definition) is 3. The number of nitrogens with zero attached hydrogens (tertiary/aromatic N) is 4. The lowest BCUT2D eigenvalue weighted by atomic mass is 9.93. The van der Waals surface area contributed by atoms with Crippen LogP contribution >= 0.6 is 11.3 Å². The highest BCUT2D eigenvalue weighted by molar-refractivity contribution is 7.22. The van der Waals surface area contributed by atoms with E-state index in [1.165, 1.54) is 0 Å². The van der Waals surface area contributed by atoms with E-state index in [1.54, 1.807) is 30.8 Å². The maximum atomic E-state index is 10.2. The molecule has 0 bridgehead atoms. The summed E-state index contributed by atoms with van der Waals surface area (Å²) in [5, 5.41) is 24.3. The quantitative estimate of drug-likeness (QED) is 0.451. The molecule has 0 aliphatic heterocycles. The van der Waals surface area contributed by atoms with E-state index in [-0.39, 0.29) is 12.1 Å². The van der Waals surface area contributed by atoms with E-state index in [1.807, 2.05) is 16.7 Å². The summed E-state index contributed by atoms with van der Waals surface area (Å²) < 4.78 is 3.13. The van der Waals surface area contributed by atoms with Gasteiger partial charge in [-0.2, -0.15) is 0 Å². The van der Waals surface area contributed by atoms with Gasteiger partial charge in [0.05, 0.1) is 41.3 Å². The lowest BCUT2D eigenvalue weighted by Gasteiger charge is -2.27. The average molecular weight is 424 g/mol. The maximum Gasteiger partial charge on any atom is 0.184 e. The fourth-order valence-electron chi connectivity index (χ4n) is 4.07. The Bertz CT molecular complexity index is 1180. The lowest BCUT2D eigenvalue weighted by molar-refractivity contribution is 0.116. The van der Waals surface area contributed by atoms with Gasteiger partial charge in [0.15, 0.2) is 10.8 Å². The predicted octanol–water partition coefficient (Wildman–Crippen LogP) is 3.86. The van der Waals surface area contributed by atoms with E-state index in [4.69, 9.17) is 4.98 Å². The number of aliphatic hydroxyl groups excluding tert-OH is 2. The minimum Gasteiger partial charge on any atom is -0.391 e. The Morgan fingerprint density at radius 2 is 2.07 bits per heavy atom. The number of anilines is 1. The van der Waals surface area contributed by atoms with Gasteiger partial charge in [0.25, 0.3) is 0 Å².